The Hall–Kier alpha value is -4.00. The van der Waals surface area contributed by atoms with Crippen LogP contribution in [0.15, 0.2) is 77.0 Å². The zero-order chi connectivity index (χ0) is 22.1. The number of nitrogens with one attached hydrogen (secondary N) is 2. The van der Waals surface area contributed by atoms with Gasteiger partial charge < -0.3 is 24.5 Å². The smallest absolute Gasteiger partial charge is 0.268 e. The first-order chi connectivity index (χ1) is 15.0. The molecule has 3 rings (SSSR count). The SMILES string of the molecule is COc1ccc(C(=O)N/C(=C\c2ccco2)C(=O)NCCOc2cccc(C)c2)cc1. The van der Waals surface area contributed by atoms with E-state index in [4.69, 9.17) is 13.9 Å². The molecule has 2 aromatic carbocycles. The van der Waals surface area contributed by atoms with Gasteiger partial charge in [-0.2, -0.15) is 0 Å². The number of hydrogen-bond donors (Lipinski definition) is 2. The Bertz CT molecular complexity index is 1040. The summed E-state index contributed by atoms with van der Waals surface area (Å²) >= 11 is 0. The maximum absolute atomic E-state index is 12.7. The highest BCUT2D eigenvalue weighted by Gasteiger charge is 2.15. The molecule has 2 N–H and O–H groups in total. The fourth-order valence-corrected chi connectivity index (χ4v) is 2.74. The molecule has 0 unspecified atom stereocenters. The number of rotatable bonds is 9. The van der Waals surface area contributed by atoms with Crippen molar-refractivity contribution in [1.29, 1.82) is 0 Å². The quantitative estimate of drug-likeness (QED) is 0.408. The molecular formula is C24H24N2O5. The standard InChI is InChI=1S/C24H24N2O5/c1-17-5-3-6-20(15-17)31-14-12-25-24(28)22(16-21-7-4-13-30-21)26-23(27)18-8-10-19(29-2)11-9-18/h3-11,13,15-16H,12,14H2,1-2H3,(H,25,28)(H,26,27)/b22-16-. The summed E-state index contributed by atoms with van der Waals surface area (Å²) in [6.07, 6.45) is 2.96. The van der Waals surface area contributed by atoms with Crippen LogP contribution in [-0.2, 0) is 4.79 Å². The molecule has 0 aliphatic rings. The van der Waals surface area contributed by atoms with Crippen LogP contribution in [0.25, 0.3) is 6.08 Å². The zero-order valence-corrected chi connectivity index (χ0v) is 17.4. The maximum Gasteiger partial charge on any atom is 0.268 e. The van der Waals surface area contributed by atoms with E-state index in [1.54, 1.807) is 43.5 Å². The van der Waals surface area contributed by atoms with Crippen LogP contribution in [0.3, 0.4) is 0 Å². The minimum Gasteiger partial charge on any atom is -0.497 e. The molecule has 7 nitrogen and oxygen atoms in total. The van der Waals surface area contributed by atoms with Crippen LogP contribution in [0.2, 0.25) is 0 Å². The normalized spacial score (nSPS) is 11.0. The Labute approximate surface area is 180 Å². The third-order valence-electron chi connectivity index (χ3n) is 4.32. The molecule has 0 radical (unpaired) electrons. The lowest BCUT2D eigenvalue weighted by molar-refractivity contribution is -0.117. The van der Waals surface area contributed by atoms with Gasteiger partial charge in [0.05, 0.1) is 19.9 Å². The average molecular weight is 420 g/mol. The van der Waals surface area contributed by atoms with E-state index >= 15 is 0 Å². The Kier molecular flexibility index (Phi) is 7.48. The molecule has 160 valence electrons. The van der Waals surface area contributed by atoms with Crippen molar-refractivity contribution >= 4 is 17.9 Å². The van der Waals surface area contributed by atoms with Crippen LogP contribution in [0.5, 0.6) is 11.5 Å². The van der Waals surface area contributed by atoms with Gasteiger partial charge in [0.2, 0.25) is 0 Å². The summed E-state index contributed by atoms with van der Waals surface area (Å²) in [4.78, 5) is 25.3. The lowest BCUT2D eigenvalue weighted by Crippen LogP contribution is -2.36. The number of furan rings is 1. The number of benzene rings is 2. The molecular weight excluding hydrogens is 396 g/mol. The van der Waals surface area contributed by atoms with Crippen LogP contribution >= 0.6 is 0 Å². The molecule has 0 aliphatic heterocycles. The fourth-order valence-electron chi connectivity index (χ4n) is 2.74. The van der Waals surface area contributed by atoms with Crippen LogP contribution in [0, 0.1) is 6.92 Å². The monoisotopic (exact) mass is 420 g/mol. The van der Waals surface area contributed by atoms with Crippen molar-refractivity contribution < 1.29 is 23.5 Å². The van der Waals surface area contributed by atoms with E-state index < -0.39 is 11.8 Å². The first kappa shape index (κ1) is 21.7. The van der Waals surface area contributed by atoms with Crippen molar-refractivity contribution in [3.8, 4) is 11.5 Å². The number of amides is 2. The van der Waals surface area contributed by atoms with E-state index in [0.29, 0.717) is 17.1 Å². The number of ether oxygens (including phenoxy) is 2. The second-order valence-corrected chi connectivity index (χ2v) is 6.68. The number of carbonyl (C=O) groups excluding carboxylic acids is 2. The van der Waals surface area contributed by atoms with Gasteiger partial charge in [0, 0.05) is 11.6 Å². The van der Waals surface area contributed by atoms with Crippen molar-refractivity contribution in [3.05, 3.63) is 89.5 Å². The van der Waals surface area contributed by atoms with E-state index in [-0.39, 0.29) is 18.8 Å². The largest absolute Gasteiger partial charge is 0.497 e. The van der Waals surface area contributed by atoms with Crippen LogP contribution < -0.4 is 20.1 Å². The molecule has 0 spiro atoms. The topological polar surface area (TPSA) is 89.8 Å². The average Bonchev–Trinajstić information content (AvgIpc) is 3.29. The highest BCUT2D eigenvalue weighted by Crippen LogP contribution is 2.13. The summed E-state index contributed by atoms with van der Waals surface area (Å²) in [5, 5.41) is 5.39. The van der Waals surface area contributed by atoms with Gasteiger partial charge in [0.15, 0.2) is 0 Å². The molecule has 0 saturated carbocycles. The Morgan fingerprint density at radius 1 is 1.03 bits per heavy atom. The predicted octanol–water partition coefficient (Wildman–Crippen LogP) is 3.56. The van der Waals surface area contributed by atoms with Gasteiger partial charge in [-0.15, -0.1) is 0 Å². The Morgan fingerprint density at radius 2 is 1.84 bits per heavy atom. The number of carbonyl (C=O) groups is 2. The highest BCUT2D eigenvalue weighted by atomic mass is 16.5. The second kappa shape index (κ2) is 10.7. The molecule has 3 aromatic rings. The van der Waals surface area contributed by atoms with Crippen molar-refractivity contribution in [2.24, 2.45) is 0 Å². The van der Waals surface area contributed by atoms with Gasteiger partial charge in [-0.1, -0.05) is 12.1 Å². The van der Waals surface area contributed by atoms with Crippen LogP contribution in [0.4, 0.5) is 0 Å². The lowest BCUT2D eigenvalue weighted by atomic mass is 10.2. The summed E-state index contributed by atoms with van der Waals surface area (Å²) in [6, 6.07) is 17.6. The van der Waals surface area contributed by atoms with E-state index in [9.17, 15) is 9.59 Å². The summed E-state index contributed by atoms with van der Waals surface area (Å²) in [6.45, 7) is 2.53. The predicted molar refractivity (Wildman–Crippen MR) is 117 cm³/mol. The third kappa shape index (κ3) is 6.50. The molecule has 1 heterocycles. The van der Waals surface area contributed by atoms with Gasteiger partial charge in [0.25, 0.3) is 11.8 Å². The molecule has 1 aromatic heterocycles. The van der Waals surface area contributed by atoms with Crippen LogP contribution in [-0.4, -0.2) is 32.1 Å². The van der Waals surface area contributed by atoms with Gasteiger partial charge in [-0.05, 0) is 61.0 Å². The fraction of sp³-hybridized carbons (Fsp3) is 0.167. The Morgan fingerprint density at radius 3 is 2.52 bits per heavy atom. The molecule has 0 atom stereocenters. The zero-order valence-electron chi connectivity index (χ0n) is 17.4. The minimum atomic E-state index is -0.453. The number of methoxy groups -OCH3 is 1. The van der Waals surface area contributed by atoms with Gasteiger partial charge in [-0.25, -0.2) is 0 Å². The van der Waals surface area contributed by atoms with E-state index in [2.05, 4.69) is 10.6 Å². The first-order valence-corrected chi connectivity index (χ1v) is 9.73. The van der Waals surface area contributed by atoms with E-state index in [0.717, 1.165) is 11.3 Å². The molecule has 7 heteroatoms. The second-order valence-electron chi connectivity index (χ2n) is 6.68. The highest BCUT2D eigenvalue weighted by molar-refractivity contribution is 6.05. The van der Waals surface area contributed by atoms with Crippen LogP contribution in [0.1, 0.15) is 21.7 Å². The molecule has 0 saturated heterocycles. The van der Waals surface area contributed by atoms with Crippen molar-refractivity contribution in [2.75, 3.05) is 20.3 Å². The number of aryl methyl sites for hydroxylation is 1. The minimum absolute atomic E-state index is 0.0614. The van der Waals surface area contributed by atoms with Crippen molar-refractivity contribution in [3.63, 3.8) is 0 Å². The molecule has 0 fully saturated rings. The molecule has 31 heavy (non-hydrogen) atoms. The van der Waals surface area contributed by atoms with Gasteiger partial charge in [0.1, 0.15) is 29.6 Å². The van der Waals surface area contributed by atoms with Gasteiger partial charge in [-0.3, -0.25) is 9.59 Å². The van der Waals surface area contributed by atoms with E-state index in [1.807, 2.05) is 31.2 Å². The summed E-state index contributed by atoms with van der Waals surface area (Å²) < 4.78 is 16.0. The summed E-state index contributed by atoms with van der Waals surface area (Å²) in [5.41, 5.74) is 1.54. The maximum atomic E-state index is 12.7. The number of hydrogen-bond acceptors (Lipinski definition) is 5. The van der Waals surface area contributed by atoms with Crippen molar-refractivity contribution in [2.45, 2.75) is 6.92 Å². The molecule has 0 aliphatic carbocycles. The van der Waals surface area contributed by atoms with E-state index in [1.165, 1.54) is 12.3 Å². The Balaban J connectivity index is 1.62. The third-order valence-corrected chi connectivity index (χ3v) is 4.32. The van der Waals surface area contributed by atoms with Gasteiger partial charge >= 0.3 is 0 Å². The summed E-state index contributed by atoms with van der Waals surface area (Å²) in [5.74, 6) is 0.927. The first-order valence-electron chi connectivity index (χ1n) is 9.73. The van der Waals surface area contributed by atoms with Crippen molar-refractivity contribution in [1.82, 2.24) is 10.6 Å². The lowest BCUT2D eigenvalue weighted by Gasteiger charge is -2.12. The molecule has 0 bridgehead atoms. The molecule has 2 amide bonds. The summed E-state index contributed by atoms with van der Waals surface area (Å²) in [7, 11) is 1.55.